The lowest BCUT2D eigenvalue weighted by molar-refractivity contribution is 0.0931. The van der Waals surface area contributed by atoms with Crippen molar-refractivity contribution in [1.82, 2.24) is 9.03 Å². The molecule has 7 heteroatoms. The summed E-state index contributed by atoms with van der Waals surface area (Å²) in [7, 11) is -3.37. The fourth-order valence-electron chi connectivity index (χ4n) is 3.10. The lowest BCUT2D eigenvalue weighted by Gasteiger charge is -2.33. The van der Waals surface area contributed by atoms with Crippen LogP contribution >= 0.6 is 0 Å². The molecule has 0 aromatic heterocycles. The summed E-state index contributed by atoms with van der Waals surface area (Å²) in [5.74, 6) is 1.30. The van der Waals surface area contributed by atoms with Gasteiger partial charge < -0.3 is 9.47 Å². The van der Waals surface area contributed by atoms with E-state index in [4.69, 9.17) is 9.47 Å². The first kappa shape index (κ1) is 17.1. The summed E-state index contributed by atoms with van der Waals surface area (Å²) in [6, 6.07) is 0. The van der Waals surface area contributed by atoms with Crippen LogP contribution in [0.1, 0.15) is 26.7 Å². The molecule has 0 aliphatic carbocycles. The van der Waals surface area contributed by atoms with Crippen LogP contribution in [0.25, 0.3) is 0 Å². The molecule has 2 aliphatic rings. The molecule has 0 aromatic rings. The average molecular weight is 320 g/mol. The fraction of sp³-hybridized carbons (Fsp3) is 1.00. The third kappa shape index (κ3) is 5.49. The van der Waals surface area contributed by atoms with Gasteiger partial charge in [0.2, 0.25) is 0 Å². The summed E-state index contributed by atoms with van der Waals surface area (Å²) in [6.45, 7) is 8.39. The van der Waals surface area contributed by atoms with Crippen molar-refractivity contribution in [3.63, 3.8) is 0 Å². The van der Waals surface area contributed by atoms with Crippen molar-refractivity contribution < 1.29 is 17.9 Å². The number of nitrogens with zero attached hydrogens (tertiary/aromatic N) is 1. The molecule has 3 atom stereocenters. The zero-order valence-corrected chi connectivity index (χ0v) is 13.9. The highest BCUT2D eigenvalue weighted by molar-refractivity contribution is 7.87. The molecule has 124 valence electrons. The molecule has 0 radical (unpaired) electrons. The molecule has 2 rings (SSSR count). The van der Waals surface area contributed by atoms with Gasteiger partial charge in [-0.25, -0.2) is 0 Å². The Bertz CT molecular complexity index is 399. The Morgan fingerprint density at radius 1 is 1.29 bits per heavy atom. The van der Waals surface area contributed by atoms with Crippen LogP contribution in [-0.4, -0.2) is 58.8 Å². The van der Waals surface area contributed by atoms with Crippen molar-refractivity contribution in [2.24, 2.45) is 17.8 Å². The average Bonchev–Trinajstić information content (AvgIpc) is 2.90. The maximum Gasteiger partial charge on any atom is 0.279 e. The van der Waals surface area contributed by atoms with Crippen molar-refractivity contribution >= 4 is 10.2 Å². The summed E-state index contributed by atoms with van der Waals surface area (Å²) in [4.78, 5) is 0. The molecule has 2 saturated heterocycles. The first-order valence-corrected chi connectivity index (χ1v) is 9.31. The van der Waals surface area contributed by atoms with Gasteiger partial charge in [0, 0.05) is 32.2 Å². The van der Waals surface area contributed by atoms with E-state index < -0.39 is 10.2 Å². The molecule has 0 bridgehead atoms. The Morgan fingerprint density at radius 3 is 2.62 bits per heavy atom. The lowest BCUT2D eigenvalue weighted by Crippen LogP contribution is -2.48. The minimum atomic E-state index is -3.37. The van der Waals surface area contributed by atoms with Crippen LogP contribution in [0.4, 0.5) is 0 Å². The second-order valence-electron chi connectivity index (χ2n) is 6.47. The summed E-state index contributed by atoms with van der Waals surface area (Å²) in [5, 5.41) is 0. The van der Waals surface area contributed by atoms with Crippen molar-refractivity contribution in [2.75, 3.05) is 46.1 Å². The normalized spacial score (nSPS) is 31.6. The van der Waals surface area contributed by atoms with Gasteiger partial charge in [0.25, 0.3) is 10.2 Å². The van der Waals surface area contributed by atoms with Crippen LogP contribution < -0.4 is 4.72 Å². The van der Waals surface area contributed by atoms with Crippen molar-refractivity contribution in [1.29, 1.82) is 0 Å². The molecule has 0 amide bonds. The molecular weight excluding hydrogens is 292 g/mol. The van der Waals surface area contributed by atoms with E-state index in [0.717, 1.165) is 26.1 Å². The van der Waals surface area contributed by atoms with Gasteiger partial charge in [0.05, 0.1) is 19.8 Å². The molecule has 6 nitrogen and oxygen atoms in total. The Hall–Kier alpha value is -0.210. The van der Waals surface area contributed by atoms with Gasteiger partial charge in [0.15, 0.2) is 0 Å². The number of ether oxygens (including phenoxy) is 2. The van der Waals surface area contributed by atoms with E-state index in [0.29, 0.717) is 50.6 Å². The topological polar surface area (TPSA) is 67.9 Å². The lowest BCUT2D eigenvalue weighted by atomic mass is 9.94. The van der Waals surface area contributed by atoms with Gasteiger partial charge in [-0.3, -0.25) is 0 Å². The van der Waals surface area contributed by atoms with E-state index in [1.165, 1.54) is 0 Å². The van der Waals surface area contributed by atoms with E-state index in [9.17, 15) is 8.42 Å². The molecule has 0 aromatic carbocycles. The molecule has 2 fully saturated rings. The van der Waals surface area contributed by atoms with E-state index >= 15 is 0 Å². The molecule has 2 aliphatic heterocycles. The third-order valence-electron chi connectivity index (χ3n) is 4.08. The molecule has 1 N–H and O–H groups in total. The maximum absolute atomic E-state index is 12.2. The Morgan fingerprint density at radius 2 is 2.00 bits per heavy atom. The molecular formula is C14H28N2O4S. The van der Waals surface area contributed by atoms with Gasteiger partial charge in [-0.05, 0) is 24.7 Å². The minimum Gasteiger partial charge on any atom is -0.381 e. The van der Waals surface area contributed by atoms with E-state index in [1.54, 1.807) is 4.31 Å². The number of piperidine rings is 1. The van der Waals surface area contributed by atoms with E-state index in [-0.39, 0.29) is 0 Å². The molecule has 2 heterocycles. The van der Waals surface area contributed by atoms with Crippen molar-refractivity contribution in [3.8, 4) is 0 Å². The molecule has 0 unspecified atom stereocenters. The number of nitrogens with one attached hydrogen (secondary N) is 1. The van der Waals surface area contributed by atoms with Gasteiger partial charge in [-0.1, -0.05) is 13.8 Å². The first-order chi connectivity index (χ1) is 9.97. The summed E-state index contributed by atoms with van der Waals surface area (Å²) in [6.07, 6.45) is 2.13. The molecule has 0 saturated carbocycles. The van der Waals surface area contributed by atoms with Crippen LogP contribution in [0, 0.1) is 17.8 Å². The SMILES string of the molecule is C[C@@H]1C[C@@H](C)CN(S(=O)(=O)NCCOC[C@H]2CCOC2)C1. The van der Waals surface area contributed by atoms with Crippen LogP contribution in [0.15, 0.2) is 0 Å². The predicted molar refractivity (Wildman–Crippen MR) is 81.2 cm³/mol. The van der Waals surface area contributed by atoms with Crippen molar-refractivity contribution in [2.45, 2.75) is 26.7 Å². The Labute approximate surface area is 128 Å². The highest BCUT2D eigenvalue weighted by Gasteiger charge is 2.29. The van der Waals surface area contributed by atoms with Gasteiger partial charge in [-0.2, -0.15) is 17.4 Å². The van der Waals surface area contributed by atoms with Crippen LogP contribution in [0.3, 0.4) is 0 Å². The Kier molecular flexibility index (Phi) is 6.43. The summed E-state index contributed by atoms with van der Waals surface area (Å²) >= 11 is 0. The Balaban J connectivity index is 1.66. The molecule has 21 heavy (non-hydrogen) atoms. The predicted octanol–water partition coefficient (Wildman–Crippen LogP) is 0.852. The van der Waals surface area contributed by atoms with E-state index in [2.05, 4.69) is 18.6 Å². The zero-order valence-electron chi connectivity index (χ0n) is 13.1. The number of rotatable bonds is 7. The van der Waals surface area contributed by atoms with Crippen LogP contribution in [0.2, 0.25) is 0 Å². The maximum atomic E-state index is 12.2. The monoisotopic (exact) mass is 320 g/mol. The molecule has 0 spiro atoms. The highest BCUT2D eigenvalue weighted by atomic mass is 32.2. The van der Waals surface area contributed by atoms with E-state index in [1.807, 2.05) is 0 Å². The fourth-order valence-corrected chi connectivity index (χ4v) is 4.53. The number of hydrogen-bond acceptors (Lipinski definition) is 4. The summed E-state index contributed by atoms with van der Waals surface area (Å²) < 4.78 is 39.5. The second-order valence-corrected chi connectivity index (χ2v) is 8.22. The van der Waals surface area contributed by atoms with Gasteiger partial charge in [-0.15, -0.1) is 0 Å². The van der Waals surface area contributed by atoms with Gasteiger partial charge >= 0.3 is 0 Å². The van der Waals surface area contributed by atoms with Crippen LogP contribution in [0.5, 0.6) is 0 Å². The third-order valence-corrected chi connectivity index (χ3v) is 5.63. The zero-order chi connectivity index (χ0) is 15.3. The largest absolute Gasteiger partial charge is 0.381 e. The quantitative estimate of drug-likeness (QED) is 0.706. The number of hydrogen-bond donors (Lipinski definition) is 1. The van der Waals surface area contributed by atoms with Crippen molar-refractivity contribution in [3.05, 3.63) is 0 Å². The standard InChI is InChI=1S/C14H28N2O4S/c1-12-7-13(2)9-16(8-12)21(17,18)15-4-6-20-11-14-3-5-19-10-14/h12-15H,3-11H2,1-2H3/t12-,13-,14+/m1/s1. The van der Waals surface area contributed by atoms with Crippen LogP contribution in [-0.2, 0) is 19.7 Å². The minimum absolute atomic E-state index is 0.329. The van der Waals surface area contributed by atoms with Gasteiger partial charge in [0.1, 0.15) is 0 Å². The summed E-state index contributed by atoms with van der Waals surface area (Å²) in [5.41, 5.74) is 0. The smallest absolute Gasteiger partial charge is 0.279 e. The first-order valence-electron chi connectivity index (χ1n) is 7.87. The second kappa shape index (κ2) is 7.87. The highest BCUT2D eigenvalue weighted by Crippen LogP contribution is 2.22.